The predicted octanol–water partition coefficient (Wildman–Crippen LogP) is 2.45. The van der Waals surface area contributed by atoms with Crippen molar-refractivity contribution >= 4 is 29.9 Å². The number of nitrogens with zero attached hydrogens (tertiary/aromatic N) is 4. The van der Waals surface area contributed by atoms with Gasteiger partial charge in [0.1, 0.15) is 0 Å². The van der Waals surface area contributed by atoms with Gasteiger partial charge in [-0.2, -0.15) is 13.2 Å². The van der Waals surface area contributed by atoms with Crippen LogP contribution in [0.25, 0.3) is 0 Å². The van der Waals surface area contributed by atoms with Gasteiger partial charge in [-0.15, -0.1) is 24.0 Å². The van der Waals surface area contributed by atoms with Crippen LogP contribution < -0.4 is 10.6 Å². The van der Waals surface area contributed by atoms with Crippen LogP contribution >= 0.6 is 24.0 Å². The fourth-order valence-electron chi connectivity index (χ4n) is 4.76. The minimum atomic E-state index is -4.28. The van der Waals surface area contributed by atoms with Gasteiger partial charge in [-0.3, -0.25) is 19.7 Å². The molecule has 4 fully saturated rings. The Morgan fingerprint density at radius 1 is 1.06 bits per heavy atom. The van der Waals surface area contributed by atoms with Crippen molar-refractivity contribution < 1.29 is 13.2 Å². The number of halogens is 4. The van der Waals surface area contributed by atoms with Crippen LogP contribution in [0.1, 0.15) is 24.5 Å². The van der Waals surface area contributed by atoms with Crippen molar-refractivity contribution in [3.05, 3.63) is 35.4 Å². The molecule has 0 spiro atoms. The number of hydrogen-bond donors (Lipinski definition) is 2. The van der Waals surface area contributed by atoms with Gasteiger partial charge in [-0.05, 0) is 31.0 Å². The molecule has 5 rings (SSSR count). The lowest BCUT2D eigenvalue weighted by Crippen LogP contribution is -2.62. The first-order valence-corrected chi connectivity index (χ1v) is 11.3. The number of likely N-dealkylation sites (tertiary alicyclic amines) is 1. The lowest BCUT2D eigenvalue weighted by molar-refractivity contribution is -0.137. The van der Waals surface area contributed by atoms with E-state index in [1.807, 2.05) is 0 Å². The van der Waals surface area contributed by atoms with Crippen LogP contribution in [0.15, 0.2) is 29.3 Å². The number of piperazine rings is 3. The van der Waals surface area contributed by atoms with Gasteiger partial charge in [0.15, 0.2) is 5.96 Å². The molecule has 6 nitrogen and oxygen atoms in total. The van der Waals surface area contributed by atoms with Gasteiger partial charge in [-0.1, -0.05) is 12.1 Å². The number of hydrogen-bond acceptors (Lipinski definition) is 4. The van der Waals surface area contributed by atoms with Crippen LogP contribution in [0.4, 0.5) is 13.2 Å². The molecule has 1 aromatic carbocycles. The lowest BCUT2D eigenvalue weighted by Gasteiger charge is -2.47. The van der Waals surface area contributed by atoms with Crippen LogP contribution in [0.2, 0.25) is 0 Å². The number of guanidine groups is 1. The molecule has 0 amide bonds. The van der Waals surface area contributed by atoms with E-state index in [1.165, 1.54) is 25.2 Å². The third-order valence-corrected chi connectivity index (χ3v) is 6.50. The predicted molar refractivity (Wildman–Crippen MR) is 131 cm³/mol. The van der Waals surface area contributed by atoms with E-state index in [2.05, 4.69) is 32.3 Å². The number of fused-ring (bicyclic) bond motifs is 3. The Morgan fingerprint density at radius 2 is 1.78 bits per heavy atom. The van der Waals surface area contributed by atoms with Crippen molar-refractivity contribution in [1.82, 2.24) is 25.3 Å². The Balaban J connectivity index is 0.00000289. The van der Waals surface area contributed by atoms with E-state index < -0.39 is 11.7 Å². The Morgan fingerprint density at radius 3 is 2.38 bits per heavy atom. The van der Waals surface area contributed by atoms with Crippen LogP contribution in [0.3, 0.4) is 0 Å². The molecule has 2 unspecified atom stereocenters. The fraction of sp³-hybridized carbons (Fsp3) is 0.682. The Hall–Kier alpha value is -1.11. The molecule has 2 N–H and O–H groups in total. The second kappa shape index (κ2) is 11.3. The van der Waals surface area contributed by atoms with Gasteiger partial charge >= 0.3 is 6.18 Å². The number of rotatable bonds is 6. The summed E-state index contributed by atoms with van der Waals surface area (Å²) in [5.74, 6) is 0.863. The molecule has 4 heterocycles. The maximum Gasteiger partial charge on any atom is 0.416 e. The molecule has 0 aromatic heterocycles. The minimum Gasteiger partial charge on any atom is -0.357 e. The van der Waals surface area contributed by atoms with E-state index in [4.69, 9.17) is 4.99 Å². The van der Waals surface area contributed by atoms with Gasteiger partial charge in [0.05, 0.1) is 12.1 Å². The number of nitrogens with one attached hydrogen (secondary N) is 2. The highest BCUT2D eigenvalue weighted by Crippen LogP contribution is 2.29. The molecule has 32 heavy (non-hydrogen) atoms. The average molecular weight is 566 g/mol. The smallest absolute Gasteiger partial charge is 0.357 e. The first kappa shape index (κ1) is 25.5. The van der Waals surface area contributed by atoms with Crippen molar-refractivity contribution in [2.75, 3.05) is 58.9 Å². The van der Waals surface area contributed by atoms with E-state index >= 15 is 0 Å². The first-order valence-electron chi connectivity index (χ1n) is 11.3. The molecule has 0 radical (unpaired) electrons. The van der Waals surface area contributed by atoms with Crippen LogP contribution in [-0.2, 0) is 12.7 Å². The van der Waals surface area contributed by atoms with Crippen molar-refractivity contribution in [2.45, 2.75) is 38.1 Å². The first-order chi connectivity index (χ1) is 14.9. The quantitative estimate of drug-likeness (QED) is 0.315. The zero-order valence-corrected chi connectivity index (χ0v) is 20.9. The summed E-state index contributed by atoms with van der Waals surface area (Å²) in [5, 5.41) is 6.92. The molecule has 0 aliphatic carbocycles. The Kier molecular flexibility index (Phi) is 9.05. The van der Waals surface area contributed by atoms with Gasteiger partial charge in [-0.25, -0.2) is 0 Å². The molecule has 10 heteroatoms. The summed E-state index contributed by atoms with van der Waals surface area (Å²) in [6.45, 7) is 11.9. The zero-order chi connectivity index (χ0) is 21.8. The van der Waals surface area contributed by atoms with E-state index in [9.17, 15) is 13.2 Å². The molecule has 4 aliphatic heterocycles. The fourth-order valence-corrected chi connectivity index (χ4v) is 4.76. The summed E-state index contributed by atoms with van der Waals surface area (Å²) in [4.78, 5) is 12.2. The summed E-state index contributed by atoms with van der Waals surface area (Å²) in [6, 6.07) is 6.29. The molecule has 4 saturated heterocycles. The molecule has 0 saturated carbocycles. The van der Waals surface area contributed by atoms with Crippen molar-refractivity contribution in [2.24, 2.45) is 4.99 Å². The Bertz CT molecular complexity index is 749. The molecule has 180 valence electrons. The maximum absolute atomic E-state index is 12.7. The standard InChI is InChI=1S/C22H33F3N6.HI/c1-2-26-21(27-13-20-16-29-9-11-31(20)12-10-29)28-19-7-8-30(15-19)14-17-3-5-18(6-4-17)22(23,24)25;/h3-6,19-20H,2,7-16H2,1H3,(H2,26,27,28);1H. The highest BCUT2D eigenvalue weighted by atomic mass is 127. The maximum atomic E-state index is 12.7. The van der Waals surface area contributed by atoms with Crippen molar-refractivity contribution in [1.29, 1.82) is 0 Å². The number of alkyl halides is 3. The molecular formula is C22H34F3IN6. The van der Waals surface area contributed by atoms with Gasteiger partial charge < -0.3 is 10.6 Å². The molecule has 2 atom stereocenters. The van der Waals surface area contributed by atoms with E-state index in [0.29, 0.717) is 18.6 Å². The van der Waals surface area contributed by atoms with E-state index in [-0.39, 0.29) is 24.0 Å². The number of aliphatic imine (C=N–C) groups is 1. The Labute approximate surface area is 205 Å². The average Bonchev–Trinajstić information content (AvgIpc) is 3.19. The minimum absolute atomic E-state index is 0. The zero-order valence-electron chi connectivity index (χ0n) is 18.6. The summed E-state index contributed by atoms with van der Waals surface area (Å²) in [7, 11) is 0. The highest BCUT2D eigenvalue weighted by molar-refractivity contribution is 14.0. The normalized spacial score (nSPS) is 28.4. The molecule has 2 bridgehead atoms. The lowest BCUT2D eigenvalue weighted by atomic mass is 10.1. The van der Waals surface area contributed by atoms with E-state index in [0.717, 1.165) is 63.8 Å². The molecular weight excluding hydrogens is 532 g/mol. The molecule has 4 aliphatic rings. The topological polar surface area (TPSA) is 46.1 Å². The van der Waals surface area contributed by atoms with Gasteiger partial charge in [0, 0.05) is 71.0 Å². The second-order valence-corrected chi connectivity index (χ2v) is 8.77. The highest BCUT2D eigenvalue weighted by Gasteiger charge is 2.32. The largest absolute Gasteiger partial charge is 0.416 e. The van der Waals surface area contributed by atoms with Crippen molar-refractivity contribution in [3.63, 3.8) is 0 Å². The van der Waals surface area contributed by atoms with Gasteiger partial charge in [0.2, 0.25) is 0 Å². The van der Waals surface area contributed by atoms with E-state index in [1.54, 1.807) is 12.1 Å². The number of benzene rings is 1. The van der Waals surface area contributed by atoms with Crippen LogP contribution in [0, 0.1) is 0 Å². The summed E-state index contributed by atoms with van der Waals surface area (Å²) in [5.41, 5.74) is 0.314. The summed E-state index contributed by atoms with van der Waals surface area (Å²) < 4.78 is 38.2. The van der Waals surface area contributed by atoms with Gasteiger partial charge in [0.25, 0.3) is 0 Å². The monoisotopic (exact) mass is 566 g/mol. The third kappa shape index (κ3) is 6.71. The summed E-state index contributed by atoms with van der Waals surface area (Å²) in [6.07, 6.45) is -3.29. The van der Waals surface area contributed by atoms with Crippen LogP contribution in [0.5, 0.6) is 0 Å². The SMILES string of the molecule is CCNC(=NCC1CN2CCN1CC2)NC1CCN(Cc2ccc(C(F)(F)F)cc2)C1.I. The third-order valence-electron chi connectivity index (χ3n) is 6.50. The summed E-state index contributed by atoms with van der Waals surface area (Å²) >= 11 is 0. The van der Waals surface area contributed by atoms with Crippen molar-refractivity contribution in [3.8, 4) is 0 Å². The molecule has 1 aromatic rings. The second-order valence-electron chi connectivity index (χ2n) is 8.77. The van der Waals surface area contributed by atoms with Crippen LogP contribution in [-0.4, -0.2) is 91.6 Å².